The van der Waals surface area contributed by atoms with Crippen LogP contribution in [0.2, 0.25) is 0 Å². The van der Waals surface area contributed by atoms with Crippen LogP contribution in [-0.4, -0.2) is 39.3 Å². The van der Waals surface area contributed by atoms with Gasteiger partial charge in [-0.3, -0.25) is 4.79 Å². The number of carbonyl (C=O) groups excluding carboxylic acids is 1. The summed E-state index contributed by atoms with van der Waals surface area (Å²) < 4.78 is 5.36. The first-order valence-electron chi connectivity index (χ1n) is 10.1. The summed E-state index contributed by atoms with van der Waals surface area (Å²) in [6, 6.07) is 18.8. The number of benzene rings is 2. The largest absolute Gasteiger partial charge is 0.384 e. The number of carbonyl (C=O) groups is 1. The van der Waals surface area contributed by atoms with Crippen LogP contribution < -0.4 is 15.5 Å². The molecule has 2 N–H and O–H groups in total. The lowest BCUT2D eigenvalue weighted by Crippen LogP contribution is -2.49. The maximum absolute atomic E-state index is 12.9. The van der Waals surface area contributed by atoms with E-state index in [0.29, 0.717) is 13.2 Å². The van der Waals surface area contributed by atoms with E-state index in [2.05, 4.69) is 71.0 Å². The van der Waals surface area contributed by atoms with Gasteiger partial charge in [0.05, 0.1) is 12.0 Å². The van der Waals surface area contributed by atoms with Gasteiger partial charge in [-0.05, 0) is 62.7 Å². The fraction of sp³-hybridized carbons (Fsp3) is 0.435. The van der Waals surface area contributed by atoms with Crippen molar-refractivity contribution in [2.24, 2.45) is 5.41 Å². The Bertz CT molecular complexity index is 741. The molecule has 1 fully saturated rings. The second-order valence-electron chi connectivity index (χ2n) is 7.39. The molecule has 1 aliphatic heterocycles. The van der Waals surface area contributed by atoms with Gasteiger partial charge >= 0.3 is 0 Å². The number of halogens is 1. The van der Waals surface area contributed by atoms with Crippen LogP contribution in [0.4, 0.5) is 11.4 Å². The van der Waals surface area contributed by atoms with Crippen molar-refractivity contribution in [3.05, 3.63) is 60.2 Å². The molecule has 1 amide bonds. The van der Waals surface area contributed by atoms with Crippen LogP contribution >= 0.6 is 12.4 Å². The summed E-state index contributed by atoms with van der Waals surface area (Å²) in [4.78, 5) is 15.1. The average molecular weight is 418 g/mol. The molecule has 0 aromatic heterocycles. The Morgan fingerprint density at radius 3 is 2.28 bits per heavy atom. The smallest absolute Gasteiger partial charge is 0.228 e. The van der Waals surface area contributed by atoms with E-state index in [4.69, 9.17) is 4.74 Å². The standard InChI is InChI=1S/C23H31N3O2.ClH/c1-3-26(20-7-5-4-6-8-20)21-11-9-19(10-12-21)17-25-22(27)23(18-28-2)13-15-24-16-14-23;/h4-12,24H,3,13-18H2,1-2H3,(H,25,27);1H. The third-order valence-electron chi connectivity index (χ3n) is 5.55. The van der Waals surface area contributed by atoms with E-state index in [1.54, 1.807) is 7.11 Å². The van der Waals surface area contributed by atoms with Gasteiger partial charge in [0.25, 0.3) is 0 Å². The molecule has 3 rings (SSSR count). The van der Waals surface area contributed by atoms with Gasteiger partial charge in [0, 0.05) is 31.6 Å². The molecule has 1 saturated heterocycles. The van der Waals surface area contributed by atoms with Crippen LogP contribution in [0.15, 0.2) is 54.6 Å². The SMILES string of the molecule is CCN(c1ccccc1)c1ccc(CNC(=O)C2(COC)CCNCC2)cc1.Cl. The van der Waals surface area contributed by atoms with Crippen LogP contribution in [-0.2, 0) is 16.1 Å². The highest BCUT2D eigenvalue weighted by Gasteiger charge is 2.39. The topological polar surface area (TPSA) is 53.6 Å². The molecular weight excluding hydrogens is 386 g/mol. The number of nitrogens with zero attached hydrogens (tertiary/aromatic N) is 1. The molecule has 0 atom stereocenters. The van der Waals surface area contributed by atoms with E-state index in [9.17, 15) is 4.79 Å². The van der Waals surface area contributed by atoms with Crippen molar-refractivity contribution in [2.45, 2.75) is 26.3 Å². The molecule has 0 spiro atoms. The van der Waals surface area contributed by atoms with Crippen LogP contribution in [0.5, 0.6) is 0 Å². The third-order valence-corrected chi connectivity index (χ3v) is 5.55. The summed E-state index contributed by atoms with van der Waals surface area (Å²) in [7, 11) is 1.67. The number of para-hydroxylation sites is 1. The maximum atomic E-state index is 12.9. The molecule has 6 heteroatoms. The van der Waals surface area contributed by atoms with Gasteiger partial charge in [-0.2, -0.15) is 0 Å². The van der Waals surface area contributed by atoms with Gasteiger partial charge < -0.3 is 20.3 Å². The van der Waals surface area contributed by atoms with Gasteiger partial charge in [-0.1, -0.05) is 30.3 Å². The molecular formula is C23H32ClN3O2. The molecule has 0 aliphatic carbocycles. The normalized spacial score (nSPS) is 15.2. The predicted molar refractivity (Wildman–Crippen MR) is 121 cm³/mol. The monoisotopic (exact) mass is 417 g/mol. The molecule has 1 aliphatic rings. The van der Waals surface area contributed by atoms with Crippen molar-refractivity contribution < 1.29 is 9.53 Å². The van der Waals surface area contributed by atoms with Crippen molar-refractivity contribution >= 4 is 29.7 Å². The number of methoxy groups -OCH3 is 1. The van der Waals surface area contributed by atoms with Crippen LogP contribution in [0.3, 0.4) is 0 Å². The Labute approximate surface area is 180 Å². The lowest BCUT2D eigenvalue weighted by Gasteiger charge is -2.35. The second-order valence-corrected chi connectivity index (χ2v) is 7.39. The minimum Gasteiger partial charge on any atom is -0.384 e. The summed E-state index contributed by atoms with van der Waals surface area (Å²) in [5.41, 5.74) is 3.02. The average Bonchev–Trinajstić information content (AvgIpc) is 2.75. The van der Waals surface area contributed by atoms with Gasteiger partial charge in [-0.15, -0.1) is 12.4 Å². The van der Waals surface area contributed by atoms with E-state index in [1.807, 2.05) is 6.07 Å². The Kier molecular flexibility index (Phi) is 8.96. The summed E-state index contributed by atoms with van der Waals surface area (Å²) in [6.45, 7) is 5.77. The second kappa shape index (κ2) is 11.2. The van der Waals surface area contributed by atoms with Crippen molar-refractivity contribution in [3.8, 4) is 0 Å². The molecule has 5 nitrogen and oxygen atoms in total. The van der Waals surface area contributed by atoms with Crippen molar-refractivity contribution in [1.29, 1.82) is 0 Å². The van der Waals surface area contributed by atoms with Gasteiger partial charge in [0.15, 0.2) is 0 Å². The lowest BCUT2D eigenvalue weighted by atomic mass is 9.78. The highest BCUT2D eigenvalue weighted by molar-refractivity contribution is 5.85. The lowest BCUT2D eigenvalue weighted by molar-refractivity contribution is -0.136. The number of hydrogen-bond acceptors (Lipinski definition) is 4. The molecule has 1 heterocycles. The molecule has 0 saturated carbocycles. The minimum atomic E-state index is -0.410. The molecule has 2 aromatic carbocycles. The Hall–Kier alpha value is -2.08. The zero-order valence-electron chi connectivity index (χ0n) is 17.3. The van der Waals surface area contributed by atoms with Gasteiger partial charge in [-0.25, -0.2) is 0 Å². The van der Waals surface area contributed by atoms with E-state index in [0.717, 1.165) is 43.7 Å². The first kappa shape index (κ1) is 23.2. The summed E-state index contributed by atoms with van der Waals surface area (Å²) in [5.74, 6) is 0.0967. The van der Waals surface area contributed by atoms with Crippen molar-refractivity contribution in [3.63, 3.8) is 0 Å². The zero-order chi connectivity index (χ0) is 19.8. The minimum absolute atomic E-state index is 0. The number of rotatable bonds is 8. The maximum Gasteiger partial charge on any atom is 0.228 e. The molecule has 29 heavy (non-hydrogen) atoms. The molecule has 2 aromatic rings. The fourth-order valence-corrected chi connectivity index (χ4v) is 3.90. The number of hydrogen-bond donors (Lipinski definition) is 2. The Morgan fingerprint density at radius 1 is 1.07 bits per heavy atom. The van der Waals surface area contributed by atoms with Gasteiger partial charge in [0.2, 0.25) is 5.91 Å². The summed E-state index contributed by atoms with van der Waals surface area (Å²) in [6.07, 6.45) is 1.63. The summed E-state index contributed by atoms with van der Waals surface area (Å²) >= 11 is 0. The Balaban J connectivity index is 0.00000300. The Morgan fingerprint density at radius 2 is 1.69 bits per heavy atom. The number of anilines is 2. The zero-order valence-corrected chi connectivity index (χ0v) is 18.1. The molecule has 0 radical (unpaired) electrons. The molecule has 158 valence electrons. The van der Waals surface area contributed by atoms with E-state index < -0.39 is 5.41 Å². The number of ether oxygens (including phenoxy) is 1. The predicted octanol–water partition coefficient (Wildman–Crippen LogP) is 3.90. The highest BCUT2D eigenvalue weighted by Crippen LogP contribution is 2.30. The number of nitrogens with one attached hydrogen (secondary N) is 2. The quantitative estimate of drug-likeness (QED) is 0.684. The number of piperidine rings is 1. The summed E-state index contributed by atoms with van der Waals surface area (Å²) in [5, 5.41) is 6.45. The highest BCUT2D eigenvalue weighted by atomic mass is 35.5. The van der Waals surface area contributed by atoms with Crippen molar-refractivity contribution in [1.82, 2.24) is 10.6 Å². The van der Waals surface area contributed by atoms with E-state index >= 15 is 0 Å². The van der Waals surface area contributed by atoms with Crippen molar-refractivity contribution in [2.75, 3.05) is 38.3 Å². The molecule has 0 unspecified atom stereocenters. The fourth-order valence-electron chi connectivity index (χ4n) is 3.90. The first-order chi connectivity index (χ1) is 13.7. The van der Waals surface area contributed by atoms with Crippen LogP contribution in [0, 0.1) is 5.41 Å². The van der Waals surface area contributed by atoms with Gasteiger partial charge in [0.1, 0.15) is 0 Å². The van der Waals surface area contributed by atoms with Crippen LogP contribution in [0.1, 0.15) is 25.3 Å². The molecule has 0 bridgehead atoms. The first-order valence-corrected chi connectivity index (χ1v) is 10.1. The third kappa shape index (κ3) is 5.72. The van der Waals surface area contributed by atoms with E-state index in [-0.39, 0.29) is 18.3 Å². The van der Waals surface area contributed by atoms with E-state index in [1.165, 1.54) is 5.69 Å². The van der Waals surface area contributed by atoms with Crippen LogP contribution in [0.25, 0.3) is 0 Å². The number of amides is 1.